The summed E-state index contributed by atoms with van der Waals surface area (Å²) in [4.78, 5) is 11.4. The topological polar surface area (TPSA) is 26.3 Å². The molecule has 0 aliphatic carbocycles. The van der Waals surface area contributed by atoms with Crippen molar-refractivity contribution in [1.29, 1.82) is 0 Å². The molecule has 0 bridgehead atoms. The summed E-state index contributed by atoms with van der Waals surface area (Å²) >= 11 is 1.25. The molecule has 0 aromatic rings. The van der Waals surface area contributed by atoms with Crippen LogP contribution >= 0.6 is 11.8 Å². The minimum atomic E-state index is -0.00828. The SMILES string of the molecule is C=C(C)C(=O)SC(CCCCCC)OC. The van der Waals surface area contributed by atoms with Gasteiger partial charge in [0.15, 0.2) is 0 Å². The van der Waals surface area contributed by atoms with E-state index in [-0.39, 0.29) is 10.6 Å². The van der Waals surface area contributed by atoms with Crippen molar-refractivity contribution in [2.75, 3.05) is 7.11 Å². The molecular formula is C12H22O2S. The molecule has 88 valence electrons. The van der Waals surface area contributed by atoms with Crippen LogP contribution in [0.2, 0.25) is 0 Å². The summed E-state index contributed by atoms with van der Waals surface area (Å²) in [5.74, 6) is 0. The molecule has 2 nitrogen and oxygen atoms in total. The van der Waals surface area contributed by atoms with Crippen LogP contribution in [0, 0.1) is 0 Å². The van der Waals surface area contributed by atoms with Crippen LogP contribution in [0.3, 0.4) is 0 Å². The molecule has 0 N–H and O–H groups in total. The van der Waals surface area contributed by atoms with Crippen LogP contribution in [-0.2, 0) is 9.53 Å². The summed E-state index contributed by atoms with van der Waals surface area (Å²) < 4.78 is 5.25. The van der Waals surface area contributed by atoms with E-state index in [1.807, 2.05) is 0 Å². The van der Waals surface area contributed by atoms with Crippen LogP contribution in [0.1, 0.15) is 46.0 Å². The lowest BCUT2D eigenvalue weighted by Crippen LogP contribution is -2.09. The maximum atomic E-state index is 11.4. The lowest BCUT2D eigenvalue weighted by molar-refractivity contribution is -0.108. The van der Waals surface area contributed by atoms with Crippen molar-refractivity contribution in [3.63, 3.8) is 0 Å². The van der Waals surface area contributed by atoms with Gasteiger partial charge in [-0.3, -0.25) is 4.79 Å². The number of hydrogen-bond acceptors (Lipinski definition) is 3. The van der Waals surface area contributed by atoms with Crippen molar-refractivity contribution in [1.82, 2.24) is 0 Å². The molecule has 0 fully saturated rings. The summed E-state index contributed by atoms with van der Waals surface area (Å²) in [6.07, 6.45) is 5.78. The lowest BCUT2D eigenvalue weighted by Gasteiger charge is -2.13. The van der Waals surface area contributed by atoms with Crippen molar-refractivity contribution in [3.8, 4) is 0 Å². The van der Waals surface area contributed by atoms with Crippen LogP contribution in [0.5, 0.6) is 0 Å². The fourth-order valence-corrected chi connectivity index (χ4v) is 2.00. The van der Waals surface area contributed by atoms with Crippen LogP contribution in [0.4, 0.5) is 0 Å². The van der Waals surface area contributed by atoms with Crippen molar-refractivity contribution in [2.24, 2.45) is 0 Å². The Morgan fingerprint density at radius 1 is 1.40 bits per heavy atom. The second-order valence-corrected chi connectivity index (χ2v) is 4.83. The summed E-state index contributed by atoms with van der Waals surface area (Å²) in [7, 11) is 1.66. The van der Waals surface area contributed by atoms with Gasteiger partial charge in [-0.25, -0.2) is 0 Å². The predicted molar refractivity (Wildman–Crippen MR) is 67.0 cm³/mol. The Morgan fingerprint density at radius 3 is 2.53 bits per heavy atom. The van der Waals surface area contributed by atoms with E-state index in [4.69, 9.17) is 4.74 Å². The Kier molecular flexibility index (Phi) is 8.82. The van der Waals surface area contributed by atoms with E-state index in [9.17, 15) is 4.79 Å². The molecule has 0 aromatic heterocycles. The molecule has 0 spiro atoms. The number of carbonyl (C=O) groups excluding carboxylic acids is 1. The molecule has 0 aliphatic rings. The van der Waals surface area contributed by atoms with Crippen molar-refractivity contribution >= 4 is 16.9 Å². The monoisotopic (exact) mass is 230 g/mol. The first-order valence-electron chi connectivity index (χ1n) is 5.51. The number of methoxy groups -OCH3 is 1. The summed E-state index contributed by atoms with van der Waals surface area (Å²) in [5, 5.41) is 0.0392. The maximum absolute atomic E-state index is 11.4. The zero-order valence-corrected chi connectivity index (χ0v) is 10.9. The number of rotatable bonds is 8. The van der Waals surface area contributed by atoms with Gasteiger partial charge in [-0.15, -0.1) is 0 Å². The standard InChI is InChI=1S/C12H22O2S/c1-5-6-7-8-9-11(14-4)15-12(13)10(2)3/h11H,2,5-9H2,1,3-4H3. The Balaban J connectivity index is 3.73. The molecular weight excluding hydrogens is 208 g/mol. The second-order valence-electron chi connectivity index (χ2n) is 3.70. The number of thioether (sulfide) groups is 1. The highest BCUT2D eigenvalue weighted by molar-refractivity contribution is 8.14. The fraction of sp³-hybridized carbons (Fsp3) is 0.750. The molecule has 0 aromatic carbocycles. The van der Waals surface area contributed by atoms with Crippen molar-refractivity contribution in [3.05, 3.63) is 12.2 Å². The van der Waals surface area contributed by atoms with Crippen LogP contribution in [0.25, 0.3) is 0 Å². The zero-order valence-electron chi connectivity index (χ0n) is 10.0. The highest BCUT2D eigenvalue weighted by atomic mass is 32.2. The Labute approximate surface area is 97.5 Å². The quantitative estimate of drug-likeness (QED) is 0.361. The van der Waals surface area contributed by atoms with Gasteiger partial charge in [0.25, 0.3) is 0 Å². The average Bonchev–Trinajstić information content (AvgIpc) is 2.22. The molecule has 3 heteroatoms. The molecule has 0 radical (unpaired) electrons. The minimum Gasteiger partial charge on any atom is -0.370 e. The molecule has 0 aliphatic heterocycles. The van der Waals surface area contributed by atoms with Gasteiger partial charge in [-0.1, -0.05) is 44.5 Å². The molecule has 1 unspecified atom stereocenters. The first-order valence-corrected chi connectivity index (χ1v) is 6.39. The fourth-order valence-electron chi connectivity index (χ4n) is 1.18. The smallest absolute Gasteiger partial charge is 0.216 e. The highest BCUT2D eigenvalue weighted by Gasteiger charge is 2.13. The average molecular weight is 230 g/mol. The molecule has 0 rings (SSSR count). The Morgan fingerprint density at radius 2 is 2.07 bits per heavy atom. The number of unbranched alkanes of at least 4 members (excludes halogenated alkanes) is 3. The summed E-state index contributed by atoms with van der Waals surface area (Å²) in [5.41, 5.74) is 0.585. The van der Waals surface area contributed by atoms with Gasteiger partial charge in [-0.05, 0) is 25.3 Å². The highest BCUT2D eigenvalue weighted by Crippen LogP contribution is 2.21. The van der Waals surface area contributed by atoms with E-state index < -0.39 is 0 Å². The van der Waals surface area contributed by atoms with Crippen LogP contribution in [0.15, 0.2) is 12.2 Å². The van der Waals surface area contributed by atoms with Gasteiger partial charge in [0.05, 0.1) is 0 Å². The van der Waals surface area contributed by atoms with Gasteiger partial charge in [0.1, 0.15) is 5.44 Å². The van der Waals surface area contributed by atoms with Crippen molar-refractivity contribution < 1.29 is 9.53 Å². The minimum absolute atomic E-state index is 0.00828. The van der Waals surface area contributed by atoms with E-state index in [1.54, 1.807) is 14.0 Å². The lowest BCUT2D eigenvalue weighted by atomic mass is 10.2. The third-order valence-corrected chi connectivity index (χ3v) is 3.40. The number of hydrogen-bond donors (Lipinski definition) is 0. The van der Waals surface area contributed by atoms with Crippen molar-refractivity contribution in [2.45, 2.75) is 51.4 Å². The molecule has 1 atom stereocenters. The molecule has 0 saturated carbocycles. The Bertz CT molecular complexity index is 202. The van der Waals surface area contributed by atoms with Crippen LogP contribution in [-0.4, -0.2) is 17.7 Å². The summed E-state index contributed by atoms with van der Waals surface area (Å²) in [6.45, 7) is 7.55. The maximum Gasteiger partial charge on any atom is 0.216 e. The van der Waals surface area contributed by atoms with Gasteiger partial charge in [0.2, 0.25) is 5.12 Å². The van der Waals surface area contributed by atoms with Gasteiger partial charge >= 0.3 is 0 Å². The molecule has 0 saturated heterocycles. The molecule has 0 heterocycles. The predicted octanol–water partition coefficient (Wildman–Crippen LogP) is 3.77. The molecule has 0 amide bonds. The van der Waals surface area contributed by atoms with E-state index in [2.05, 4.69) is 13.5 Å². The first-order chi connectivity index (χ1) is 7.11. The van der Waals surface area contributed by atoms with Gasteiger partial charge in [-0.2, -0.15) is 0 Å². The van der Waals surface area contributed by atoms with E-state index in [1.165, 1.54) is 31.0 Å². The third kappa shape index (κ3) is 7.63. The van der Waals surface area contributed by atoms with Gasteiger partial charge < -0.3 is 4.74 Å². The second kappa shape index (κ2) is 8.98. The first kappa shape index (κ1) is 14.7. The number of ether oxygens (including phenoxy) is 1. The van der Waals surface area contributed by atoms with E-state index in [0.717, 1.165) is 12.8 Å². The van der Waals surface area contributed by atoms with Gasteiger partial charge in [0, 0.05) is 7.11 Å². The zero-order chi connectivity index (χ0) is 11.7. The Hall–Kier alpha value is -0.280. The third-order valence-electron chi connectivity index (χ3n) is 2.14. The number of carbonyl (C=O) groups is 1. The largest absolute Gasteiger partial charge is 0.370 e. The summed E-state index contributed by atoms with van der Waals surface area (Å²) in [6, 6.07) is 0. The van der Waals surface area contributed by atoms with Crippen LogP contribution < -0.4 is 0 Å². The van der Waals surface area contributed by atoms with E-state index >= 15 is 0 Å². The normalized spacial score (nSPS) is 12.5. The van der Waals surface area contributed by atoms with E-state index in [0.29, 0.717) is 5.57 Å². The molecule has 15 heavy (non-hydrogen) atoms.